The Morgan fingerprint density at radius 1 is 0.534 bits per heavy atom. The average Bonchev–Trinajstić information content (AvgIpc) is 1.57. The highest BCUT2D eigenvalue weighted by Crippen LogP contribution is 2.42. The number of hydrogen-bond donors (Lipinski definition) is 7. The summed E-state index contributed by atoms with van der Waals surface area (Å²) in [5.74, 6) is -3.21. The second-order valence-corrected chi connectivity index (χ2v) is 26.7. The molecule has 4 aliphatic heterocycles. The lowest BCUT2D eigenvalue weighted by Gasteiger charge is -2.27. The second-order valence-electron chi connectivity index (χ2n) is 25.9. The van der Waals surface area contributed by atoms with E-state index in [0.717, 1.165) is 43.0 Å². The van der Waals surface area contributed by atoms with Gasteiger partial charge in [0.25, 0.3) is 0 Å². The number of alkyl halides is 2. The van der Waals surface area contributed by atoms with E-state index in [4.69, 9.17) is 77.1 Å². The molecule has 4 aliphatic rings. The number of aromatic nitrogens is 14. The normalized spacial score (nSPS) is 14.9. The van der Waals surface area contributed by atoms with E-state index < -0.39 is 70.1 Å². The minimum absolute atomic E-state index is 0.0737. The van der Waals surface area contributed by atoms with Crippen molar-refractivity contribution in [2.45, 2.75) is 56.8 Å². The third kappa shape index (κ3) is 16.4. The van der Waals surface area contributed by atoms with Crippen molar-refractivity contribution in [3.63, 3.8) is 0 Å². The number of hydrogen-bond acceptors (Lipinski definition) is 20. The second kappa shape index (κ2) is 34.4. The quantitative estimate of drug-likeness (QED) is 0.0244. The van der Waals surface area contributed by atoms with E-state index in [-0.39, 0.29) is 93.9 Å². The first-order chi connectivity index (χ1) is 56.3. The Balaban J connectivity index is 0.000000138. The number of H-pyrrole nitrogens is 3. The van der Waals surface area contributed by atoms with Crippen molar-refractivity contribution < 1.29 is 54.8 Å². The van der Waals surface area contributed by atoms with Crippen molar-refractivity contribution in [3.8, 4) is 34.7 Å². The molecule has 3 atom stereocenters. The summed E-state index contributed by atoms with van der Waals surface area (Å²) in [6.07, 6.45) is 9.36. The highest BCUT2D eigenvalue weighted by molar-refractivity contribution is 6.40. The van der Waals surface area contributed by atoms with Gasteiger partial charge < -0.3 is 65.1 Å². The van der Waals surface area contributed by atoms with Crippen molar-refractivity contribution in [1.29, 1.82) is 0 Å². The largest absolute Gasteiger partial charge is 0.497 e. The van der Waals surface area contributed by atoms with Gasteiger partial charge in [0.2, 0.25) is 17.8 Å². The molecule has 18 rings (SSSR count). The number of nitrogens with zero attached hydrogens (tertiary/aromatic N) is 14. The minimum atomic E-state index is -0.837. The van der Waals surface area contributed by atoms with Gasteiger partial charge in [0.1, 0.15) is 51.8 Å². The maximum atomic E-state index is 14.5. The van der Waals surface area contributed by atoms with Crippen LogP contribution >= 0.6 is 23.2 Å². The number of nitrogens with two attached hydrogens (primary N) is 1. The number of benzene rings is 7. The van der Waals surface area contributed by atoms with Gasteiger partial charge >= 0.3 is 17.1 Å². The van der Waals surface area contributed by atoms with Gasteiger partial charge in [0.15, 0.2) is 68.7 Å². The Labute approximate surface area is 661 Å². The highest BCUT2D eigenvalue weighted by atomic mass is 35.5. The zero-order valence-corrected chi connectivity index (χ0v) is 62.5. The summed E-state index contributed by atoms with van der Waals surface area (Å²) < 4.78 is 123. The van der Waals surface area contributed by atoms with Crippen molar-refractivity contribution >= 4 is 119 Å². The first kappa shape index (κ1) is 78.5. The number of nitrogen functional groups attached to an aromatic ring is 1. The molecule has 0 amide bonds. The van der Waals surface area contributed by atoms with Crippen molar-refractivity contribution in [2.24, 2.45) is 0 Å². The molecule has 0 aliphatic carbocycles. The van der Waals surface area contributed by atoms with Crippen LogP contribution in [0.4, 0.5) is 78.1 Å². The van der Waals surface area contributed by atoms with Gasteiger partial charge in [0.05, 0.1) is 130 Å². The third-order valence-electron chi connectivity index (χ3n) is 18.9. The van der Waals surface area contributed by atoms with Gasteiger partial charge in [-0.1, -0.05) is 18.2 Å². The fourth-order valence-corrected chi connectivity index (χ4v) is 13.6. The van der Waals surface area contributed by atoms with E-state index in [1.807, 2.05) is 12.1 Å². The molecule has 8 N–H and O–H groups in total. The fraction of sp³-hybridized carbons (Fsp3) is 0.218. The first-order valence-electron chi connectivity index (χ1n) is 35.4. The monoisotopic (exact) mass is 1620 g/mol. The van der Waals surface area contributed by atoms with E-state index in [1.54, 1.807) is 79.5 Å². The lowest BCUT2D eigenvalue weighted by molar-refractivity contribution is 0.198. The van der Waals surface area contributed by atoms with Crippen LogP contribution in [0, 0.1) is 54.6 Å². The van der Waals surface area contributed by atoms with Crippen LogP contribution in [-0.4, -0.2) is 121 Å². The molecule has 3 unspecified atom stereocenters. The number of rotatable bonds is 13. The summed E-state index contributed by atoms with van der Waals surface area (Å²) >= 11 is 9.53. The maximum absolute atomic E-state index is 14.5. The zero-order chi connectivity index (χ0) is 81.4. The summed E-state index contributed by atoms with van der Waals surface area (Å²) in [7, 11) is 3.16. The van der Waals surface area contributed by atoms with E-state index >= 15 is 0 Å². The van der Waals surface area contributed by atoms with E-state index in [1.165, 1.54) is 63.6 Å². The van der Waals surface area contributed by atoms with Crippen molar-refractivity contribution in [1.82, 2.24) is 68.1 Å². The van der Waals surface area contributed by atoms with Crippen LogP contribution in [0.15, 0.2) is 148 Å². The number of ether oxygens (including phenoxy) is 6. The van der Waals surface area contributed by atoms with Crippen LogP contribution in [0.3, 0.4) is 0 Å². The fourth-order valence-electron chi connectivity index (χ4n) is 13.6. The van der Waals surface area contributed by atoms with Crippen molar-refractivity contribution in [3.05, 3.63) is 257 Å². The van der Waals surface area contributed by atoms with Crippen LogP contribution < -0.4 is 62.4 Å². The standard InChI is InChI=1S/C30H25F2N7O4.C22H13F2N7O2.C21H15F2N7O2.C4H8O.CH2Cl2/c1-33-18-5-7-22(34-14-16-4-6-19(41-2)13-26(16)42-3)23(12-18)36-29-35-15-24-28(38-29)39(30(40)37-24)25-8-9-43-27-20(25)10-17(31)11-21(27)32;1-25-12-2-3-15-18(8-12)30(10-27-15)21-26-9-16-20(29-21)31(22(32)28-16)17-4-5-33-19-13(17)6-11(23)7-14(19)24;1-25-11-2-3-14(24)15(8-11)27-20-26-9-16-19(29-20)30(21(31)28-16)17-4-5-32-18-12(17)6-10(22)7-13(18)23;1-2-4-5-3-1;2-1-3/h4-7,10-13,15,25,34H,8-9,14H2,2-3H3,(H,37,40)(H,35,36,38);2-3,6-10,17H,4-5H2,(H,28,32);2-3,6-9,17H,4-5,24H2,(H,28,31)(H,26,27,29);1-4H2;1H2. The van der Waals surface area contributed by atoms with Crippen LogP contribution in [-0.2, 0) is 11.3 Å². The van der Waals surface area contributed by atoms with Gasteiger partial charge in [0, 0.05) is 85.5 Å². The molecule has 1 saturated heterocycles. The molecular formula is C78H63Cl2F6N21O9. The Morgan fingerprint density at radius 3 is 1.47 bits per heavy atom. The van der Waals surface area contributed by atoms with Crippen LogP contribution in [0.1, 0.15) is 72.5 Å². The number of anilines is 6. The molecule has 30 nitrogen and oxygen atoms in total. The molecule has 11 heterocycles. The molecule has 14 aromatic rings. The Morgan fingerprint density at radius 2 is 0.991 bits per heavy atom. The molecular weight excluding hydrogens is 1560 g/mol. The molecule has 1 fully saturated rings. The number of imidazole rings is 4. The van der Waals surface area contributed by atoms with Gasteiger partial charge in [-0.3, -0.25) is 18.3 Å². The Bertz CT molecular complexity index is 6420. The topological polar surface area (TPSA) is 339 Å². The van der Waals surface area contributed by atoms with Crippen molar-refractivity contribution in [2.75, 3.05) is 74.3 Å². The van der Waals surface area contributed by atoms with Crippen LogP contribution in [0.5, 0.6) is 28.7 Å². The van der Waals surface area contributed by atoms with E-state index in [9.17, 15) is 40.7 Å². The number of nitrogens with one attached hydrogen (secondary N) is 6. The molecule has 0 spiro atoms. The predicted molar refractivity (Wildman–Crippen MR) is 419 cm³/mol. The molecule has 590 valence electrons. The number of fused-ring (bicyclic) bond motifs is 7. The summed E-state index contributed by atoms with van der Waals surface area (Å²) in [5.41, 5.74) is 12.4. The highest BCUT2D eigenvalue weighted by Gasteiger charge is 2.34. The average molecular weight is 1620 g/mol. The first-order valence-corrected chi connectivity index (χ1v) is 36.4. The molecule has 0 radical (unpaired) electrons. The molecule has 0 saturated carbocycles. The molecule has 116 heavy (non-hydrogen) atoms. The summed E-state index contributed by atoms with van der Waals surface area (Å²) in [4.78, 5) is 87.9. The number of methoxy groups -OCH3 is 2. The molecule has 7 aromatic heterocycles. The number of halogens is 8. The lowest BCUT2D eigenvalue weighted by atomic mass is 10.00. The molecule has 7 aromatic carbocycles. The van der Waals surface area contributed by atoms with E-state index in [2.05, 4.69) is 80.3 Å². The van der Waals surface area contributed by atoms with Gasteiger partial charge in [-0.15, -0.1) is 23.2 Å². The Kier molecular flexibility index (Phi) is 23.3. The minimum Gasteiger partial charge on any atom is -0.497 e. The maximum Gasteiger partial charge on any atom is 0.328 e. The van der Waals surface area contributed by atoms with E-state index in [0.29, 0.717) is 105 Å². The zero-order valence-electron chi connectivity index (χ0n) is 61.0. The SMILES string of the molecule is C1CCOC1.ClCCl.[C-]#[N+]c1ccc(N)c(Nc2ncc3[nH]c(=O)n(C4CCOc5c(F)cc(F)cc54)c3n2)c1.[C-]#[N+]c1ccc(NCc2ccc(OC)cc2OC)c(Nc2ncc3[nH]c(=O)n(C4CCOc5c(F)cc(F)cc54)c3n2)c1.[C-]#[N+]c1ccc2ncn(-c3ncc4[nH]c(=O)n(C5CCOc6c(F)cc(F)cc65)c4n3)c2c1. The number of aromatic amines is 3. The predicted octanol–water partition coefficient (Wildman–Crippen LogP) is 15.2. The van der Waals surface area contributed by atoms with Gasteiger partial charge in [-0.25, -0.2) is 75.2 Å². The van der Waals surface area contributed by atoms with Crippen LogP contribution in [0.2, 0.25) is 0 Å². The molecule has 0 bridgehead atoms. The lowest BCUT2D eigenvalue weighted by Crippen LogP contribution is -2.28. The smallest absolute Gasteiger partial charge is 0.328 e. The Hall–Kier alpha value is -14.2. The van der Waals surface area contributed by atoms with Crippen LogP contribution in [0.25, 0.3) is 65.0 Å². The van der Waals surface area contributed by atoms with Gasteiger partial charge in [-0.05, 0) is 79.6 Å². The summed E-state index contributed by atoms with van der Waals surface area (Å²) in [6.45, 7) is 24.7. The van der Waals surface area contributed by atoms with Gasteiger partial charge in [-0.2, -0.15) is 15.0 Å². The summed E-state index contributed by atoms with van der Waals surface area (Å²) in [6, 6.07) is 24.0. The summed E-state index contributed by atoms with van der Waals surface area (Å²) in [5, 5.41) is 9.64. The molecule has 38 heteroatoms. The third-order valence-corrected chi connectivity index (χ3v) is 18.9.